The van der Waals surface area contributed by atoms with Crippen LogP contribution in [0.4, 0.5) is 4.79 Å². The van der Waals surface area contributed by atoms with Gasteiger partial charge in [-0.2, -0.15) is 0 Å². The molecule has 6 heteroatoms. The largest absolute Gasteiger partial charge is 0.481 e. The number of rotatable bonds is 7. The molecule has 26 heavy (non-hydrogen) atoms. The van der Waals surface area contributed by atoms with E-state index in [4.69, 9.17) is 4.74 Å². The Hall–Kier alpha value is -2.37. The Kier molecular flexibility index (Phi) is 5.91. The summed E-state index contributed by atoms with van der Waals surface area (Å²) in [5.74, 6) is -1.70. The molecule has 1 saturated carbocycles. The number of carbonyl (C=O) groups is 3. The lowest BCUT2D eigenvalue weighted by Gasteiger charge is -2.25. The van der Waals surface area contributed by atoms with Crippen molar-refractivity contribution < 1.29 is 24.2 Å². The third-order valence-electron chi connectivity index (χ3n) is 5.38. The zero-order valence-corrected chi connectivity index (χ0v) is 14.8. The van der Waals surface area contributed by atoms with Crippen LogP contribution >= 0.6 is 0 Å². The molecule has 0 radical (unpaired) electrons. The summed E-state index contributed by atoms with van der Waals surface area (Å²) < 4.78 is 5.12. The Labute approximate surface area is 153 Å². The van der Waals surface area contributed by atoms with Crippen LogP contribution in [0.2, 0.25) is 0 Å². The standard InChI is InChI=1S/C20H25NO5/c22-18(23)12-16(10-14-8-4-5-9-14)19(24)21-17(13-26-20(21)25)11-15-6-2-1-3-7-15/h1-3,6-7,14,16-17H,4-5,8-13H2,(H,22,23)/t16-,17+/m1/s1. The molecule has 2 atom stereocenters. The molecule has 1 saturated heterocycles. The molecule has 0 aromatic heterocycles. The predicted octanol–water partition coefficient (Wildman–Crippen LogP) is 3.25. The number of aliphatic carboxylic acids is 1. The SMILES string of the molecule is O=C(O)C[C@@H](CC1CCCC1)C(=O)N1C(=O)OC[C@@H]1Cc1ccccc1. The van der Waals surface area contributed by atoms with Gasteiger partial charge in [-0.05, 0) is 24.3 Å². The first-order valence-corrected chi connectivity index (χ1v) is 9.30. The first-order chi connectivity index (χ1) is 12.5. The second-order valence-electron chi connectivity index (χ2n) is 7.31. The van der Waals surface area contributed by atoms with Crippen LogP contribution in [0, 0.1) is 11.8 Å². The molecule has 0 spiro atoms. The van der Waals surface area contributed by atoms with Gasteiger partial charge in [0.1, 0.15) is 6.61 Å². The highest BCUT2D eigenvalue weighted by molar-refractivity contribution is 5.96. The average Bonchev–Trinajstić information content (AvgIpc) is 3.24. The zero-order chi connectivity index (χ0) is 18.5. The van der Waals surface area contributed by atoms with Crippen molar-refractivity contribution >= 4 is 18.0 Å². The quantitative estimate of drug-likeness (QED) is 0.808. The van der Waals surface area contributed by atoms with Crippen LogP contribution < -0.4 is 0 Å². The molecule has 0 unspecified atom stereocenters. The second-order valence-corrected chi connectivity index (χ2v) is 7.31. The Morgan fingerprint density at radius 1 is 1.19 bits per heavy atom. The van der Waals surface area contributed by atoms with E-state index in [9.17, 15) is 19.5 Å². The highest BCUT2D eigenvalue weighted by Gasteiger charge is 2.41. The van der Waals surface area contributed by atoms with Crippen LogP contribution in [-0.4, -0.2) is 40.6 Å². The van der Waals surface area contributed by atoms with Crippen molar-refractivity contribution in [1.82, 2.24) is 4.90 Å². The van der Waals surface area contributed by atoms with Crippen LogP contribution in [-0.2, 0) is 20.7 Å². The first-order valence-electron chi connectivity index (χ1n) is 9.30. The van der Waals surface area contributed by atoms with Crippen molar-refractivity contribution in [3.63, 3.8) is 0 Å². The zero-order valence-electron chi connectivity index (χ0n) is 14.8. The predicted molar refractivity (Wildman–Crippen MR) is 94.4 cm³/mol. The summed E-state index contributed by atoms with van der Waals surface area (Å²) >= 11 is 0. The van der Waals surface area contributed by atoms with Crippen molar-refractivity contribution in [2.45, 2.75) is 51.0 Å². The Balaban J connectivity index is 1.73. The number of hydrogen-bond donors (Lipinski definition) is 1. The number of nitrogens with zero attached hydrogens (tertiary/aromatic N) is 1. The molecule has 2 fully saturated rings. The van der Waals surface area contributed by atoms with Gasteiger partial charge in [0.05, 0.1) is 12.5 Å². The summed E-state index contributed by atoms with van der Waals surface area (Å²) in [7, 11) is 0. The Morgan fingerprint density at radius 3 is 2.54 bits per heavy atom. The lowest BCUT2D eigenvalue weighted by Crippen LogP contribution is -2.44. The summed E-state index contributed by atoms with van der Waals surface area (Å²) in [5.41, 5.74) is 1.01. The van der Waals surface area contributed by atoms with E-state index < -0.39 is 23.9 Å². The van der Waals surface area contributed by atoms with Crippen LogP contribution in [0.15, 0.2) is 30.3 Å². The summed E-state index contributed by atoms with van der Waals surface area (Å²) in [6.07, 6.45) is 4.47. The molecule has 2 amide bonds. The molecule has 1 aliphatic heterocycles. The maximum atomic E-state index is 13.0. The number of hydrogen-bond acceptors (Lipinski definition) is 4. The van der Waals surface area contributed by atoms with Gasteiger partial charge in [0.15, 0.2) is 0 Å². The number of ether oxygens (including phenoxy) is 1. The van der Waals surface area contributed by atoms with Crippen molar-refractivity contribution in [1.29, 1.82) is 0 Å². The van der Waals surface area contributed by atoms with Gasteiger partial charge < -0.3 is 9.84 Å². The number of amides is 2. The number of benzene rings is 1. The van der Waals surface area contributed by atoms with Crippen LogP contribution in [0.3, 0.4) is 0 Å². The lowest BCUT2D eigenvalue weighted by molar-refractivity contribution is -0.144. The summed E-state index contributed by atoms with van der Waals surface area (Å²) in [6, 6.07) is 9.24. The Morgan fingerprint density at radius 2 is 1.88 bits per heavy atom. The molecular formula is C20H25NO5. The van der Waals surface area contributed by atoms with E-state index in [0.717, 1.165) is 36.1 Å². The normalized spacial score (nSPS) is 21.6. The maximum Gasteiger partial charge on any atom is 0.416 e. The lowest BCUT2D eigenvalue weighted by atomic mass is 9.89. The van der Waals surface area contributed by atoms with Crippen molar-refractivity contribution in [2.75, 3.05) is 6.61 Å². The van der Waals surface area contributed by atoms with Gasteiger partial charge in [0.2, 0.25) is 5.91 Å². The molecule has 0 bridgehead atoms. The minimum Gasteiger partial charge on any atom is -0.481 e. The highest BCUT2D eigenvalue weighted by Crippen LogP contribution is 2.33. The Bertz CT molecular complexity index is 653. The third kappa shape index (κ3) is 4.42. The van der Waals surface area contributed by atoms with Crippen molar-refractivity contribution in [3.8, 4) is 0 Å². The van der Waals surface area contributed by atoms with Crippen LogP contribution in [0.25, 0.3) is 0 Å². The molecule has 3 rings (SSSR count). The molecule has 1 heterocycles. The van der Waals surface area contributed by atoms with Gasteiger partial charge in [0.25, 0.3) is 0 Å². The van der Waals surface area contributed by atoms with Crippen LogP contribution in [0.5, 0.6) is 0 Å². The topological polar surface area (TPSA) is 83.9 Å². The molecule has 1 aliphatic carbocycles. The number of cyclic esters (lactones) is 1. The van der Waals surface area contributed by atoms with Gasteiger partial charge in [-0.3, -0.25) is 9.59 Å². The minimum atomic E-state index is -1.01. The highest BCUT2D eigenvalue weighted by atomic mass is 16.6. The van der Waals surface area contributed by atoms with E-state index in [0.29, 0.717) is 18.8 Å². The van der Waals surface area contributed by atoms with Gasteiger partial charge >= 0.3 is 12.1 Å². The number of imide groups is 1. The van der Waals surface area contributed by atoms with Gasteiger partial charge in [0, 0.05) is 5.92 Å². The second kappa shape index (κ2) is 8.34. The van der Waals surface area contributed by atoms with Crippen molar-refractivity contribution in [3.05, 3.63) is 35.9 Å². The van der Waals surface area contributed by atoms with E-state index in [1.54, 1.807) is 0 Å². The third-order valence-corrected chi connectivity index (χ3v) is 5.38. The maximum absolute atomic E-state index is 13.0. The molecule has 1 N–H and O–H groups in total. The molecule has 6 nitrogen and oxygen atoms in total. The summed E-state index contributed by atoms with van der Waals surface area (Å²) in [5, 5.41) is 9.23. The fourth-order valence-corrected chi connectivity index (χ4v) is 4.09. The average molecular weight is 359 g/mol. The number of carbonyl (C=O) groups excluding carboxylic acids is 2. The first kappa shape index (κ1) is 18.4. The van der Waals surface area contributed by atoms with Crippen LogP contribution in [0.1, 0.15) is 44.1 Å². The number of carboxylic acid groups (broad SMARTS) is 1. The molecule has 140 valence electrons. The van der Waals surface area contributed by atoms with E-state index in [1.165, 1.54) is 0 Å². The van der Waals surface area contributed by atoms with Gasteiger partial charge in [-0.1, -0.05) is 56.0 Å². The molecule has 2 aliphatic rings. The van der Waals surface area contributed by atoms with Gasteiger partial charge in [-0.25, -0.2) is 9.69 Å². The fraction of sp³-hybridized carbons (Fsp3) is 0.550. The van der Waals surface area contributed by atoms with E-state index >= 15 is 0 Å². The van der Waals surface area contributed by atoms with Crippen molar-refractivity contribution in [2.24, 2.45) is 11.8 Å². The summed E-state index contributed by atoms with van der Waals surface area (Å²) in [4.78, 5) is 37.7. The van der Waals surface area contributed by atoms with Gasteiger partial charge in [-0.15, -0.1) is 0 Å². The minimum absolute atomic E-state index is 0.155. The smallest absolute Gasteiger partial charge is 0.416 e. The molecular weight excluding hydrogens is 334 g/mol. The molecule has 1 aromatic carbocycles. The van der Waals surface area contributed by atoms with E-state index in [1.807, 2.05) is 30.3 Å². The summed E-state index contributed by atoms with van der Waals surface area (Å²) in [6.45, 7) is 0.155. The van der Waals surface area contributed by atoms with E-state index in [2.05, 4.69) is 0 Å². The fourth-order valence-electron chi connectivity index (χ4n) is 4.09. The molecule has 1 aromatic rings. The number of carboxylic acids is 1. The monoisotopic (exact) mass is 359 g/mol. The van der Waals surface area contributed by atoms with E-state index in [-0.39, 0.29) is 19.1 Å².